The number of aromatic nitrogens is 2. The lowest BCUT2D eigenvalue weighted by atomic mass is 10.1. The fourth-order valence-corrected chi connectivity index (χ4v) is 4.31. The number of benzene rings is 2. The van der Waals surface area contributed by atoms with E-state index in [0.29, 0.717) is 23.2 Å². The number of anilines is 2. The minimum Gasteiger partial charge on any atom is -0.376 e. The van der Waals surface area contributed by atoms with E-state index in [1.165, 1.54) is 0 Å². The molecule has 0 saturated carbocycles. The van der Waals surface area contributed by atoms with Crippen LogP contribution in [0.1, 0.15) is 25.3 Å². The maximum Gasteiger partial charge on any atom is 0.253 e. The van der Waals surface area contributed by atoms with Crippen LogP contribution in [-0.4, -0.2) is 40.6 Å². The van der Waals surface area contributed by atoms with Gasteiger partial charge in [-0.3, -0.25) is 19.1 Å². The van der Waals surface area contributed by atoms with Crippen molar-refractivity contribution >= 4 is 46.1 Å². The number of nitrogens with zero attached hydrogens (tertiary/aromatic N) is 3. The van der Waals surface area contributed by atoms with E-state index in [1.54, 1.807) is 29.2 Å². The molecule has 154 valence electrons. The molecule has 1 aromatic heterocycles. The van der Waals surface area contributed by atoms with Crippen LogP contribution in [-0.2, 0) is 14.3 Å². The zero-order chi connectivity index (χ0) is 20.7. The molecule has 2 unspecified atom stereocenters. The molecule has 3 aromatic rings. The minimum atomic E-state index is -0.638. The van der Waals surface area contributed by atoms with E-state index in [2.05, 4.69) is 10.3 Å². The van der Waals surface area contributed by atoms with Crippen molar-refractivity contribution < 1.29 is 14.3 Å². The minimum absolute atomic E-state index is 0.00357. The molecule has 7 nitrogen and oxygen atoms in total. The molecule has 3 heterocycles. The Bertz CT molecular complexity index is 1110. The lowest BCUT2D eigenvalue weighted by molar-refractivity contribution is -0.124. The van der Waals surface area contributed by atoms with Gasteiger partial charge in [-0.05, 0) is 49.2 Å². The van der Waals surface area contributed by atoms with Crippen molar-refractivity contribution in [2.75, 3.05) is 23.4 Å². The molecule has 30 heavy (non-hydrogen) atoms. The average Bonchev–Trinajstić information content (AvgIpc) is 3.44. The zero-order valence-corrected chi connectivity index (χ0v) is 17.0. The molecule has 0 radical (unpaired) electrons. The van der Waals surface area contributed by atoms with Crippen molar-refractivity contribution in [2.45, 2.75) is 31.4 Å². The molecular formula is C22H21ClN4O3. The Hall–Kier alpha value is -2.90. The summed E-state index contributed by atoms with van der Waals surface area (Å²) in [4.78, 5) is 32.4. The van der Waals surface area contributed by atoms with E-state index in [0.717, 1.165) is 30.5 Å². The first-order valence-corrected chi connectivity index (χ1v) is 10.4. The van der Waals surface area contributed by atoms with Crippen molar-refractivity contribution in [3.8, 4) is 0 Å². The molecule has 2 atom stereocenters. The summed E-state index contributed by atoms with van der Waals surface area (Å²) in [5, 5.41) is 3.44. The second kappa shape index (κ2) is 7.74. The fraction of sp³-hybridized carbons (Fsp3) is 0.318. The number of ether oxygens (including phenoxy) is 1. The first-order chi connectivity index (χ1) is 14.6. The highest BCUT2D eigenvalue weighted by Crippen LogP contribution is 2.37. The van der Waals surface area contributed by atoms with Gasteiger partial charge in [-0.2, -0.15) is 0 Å². The maximum absolute atomic E-state index is 13.3. The summed E-state index contributed by atoms with van der Waals surface area (Å²) in [7, 11) is 0. The van der Waals surface area contributed by atoms with E-state index < -0.39 is 6.04 Å². The van der Waals surface area contributed by atoms with Gasteiger partial charge >= 0.3 is 0 Å². The smallest absolute Gasteiger partial charge is 0.253 e. The Morgan fingerprint density at radius 3 is 2.77 bits per heavy atom. The highest BCUT2D eigenvalue weighted by atomic mass is 35.5. The molecule has 0 spiro atoms. The largest absolute Gasteiger partial charge is 0.376 e. The Balaban J connectivity index is 1.43. The van der Waals surface area contributed by atoms with Crippen LogP contribution in [0, 0.1) is 0 Å². The third-order valence-corrected chi connectivity index (χ3v) is 5.85. The van der Waals surface area contributed by atoms with Crippen LogP contribution in [0.2, 0.25) is 5.02 Å². The second-order valence-corrected chi connectivity index (χ2v) is 8.07. The van der Waals surface area contributed by atoms with Crippen LogP contribution in [0.25, 0.3) is 11.0 Å². The van der Waals surface area contributed by atoms with Gasteiger partial charge < -0.3 is 10.1 Å². The molecule has 8 heteroatoms. The Morgan fingerprint density at radius 1 is 1.20 bits per heavy atom. The second-order valence-electron chi connectivity index (χ2n) is 7.63. The number of carbonyl (C=O) groups is 2. The number of fused-ring (bicyclic) bond motifs is 3. The van der Waals surface area contributed by atoms with Crippen molar-refractivity contribution in [1.29, 1.82) is 0 Å². The summed E-state index contributed by atoms with van der Waals surface area (Å²) in [5.41, 5.74) is 2.29. The molecule has 2 amide bonds. The number of rotatable bonds is 5. The summed E-state index contributed by atoms with van der Waals surface area (Å²) in [5.74, 6) is 0.226. The third-order valence-electron chi connectivity index (χ3n) is 5.60. The number of para-hydroxylation sites is 2. The number of imidazole rings is 1. The van der Waals surface area contributed by atoms with Crippen LogP contribution in [0.4, 0.5) is 11.6 Å². The third kappa shape index (κ3) is 3.44. The van der Waals surface area contributed by atoms with Crippen molar-refractivity contribution in [3.63, 3.8) is 0 Å². The van der Waals surface area contributed by atoms with E-state index in [1.807, 2.05) is 28.8 Å². The summed E-state index contributed by atoms with van der Waals surface area (Å²) in [6.45, 7) is 1.17. The van der Waals surface area contributed by atoms with Crippen molar-refractivity contribution in [3.05, 3.63) is 53.6 Å². The van der Waals surface area contributed by atoms with E-state index in [9.17, 15) is 9.59 Å². The predicted octanol–water partition coefficient (Wildman–Crippen LogP) is 3.79. The molecule has 2 aromatic carbocycles. The van der Waals surface area contributed by atoms with Gasteiger partial charge in [0.05, 0.1) is 30.1 Å². The topological polar surface area (TPSA) is 76.5 Å². The molecule has 1 saturated heterocycles. The maximum atomic E-state index is 13.3. The van der Waals surface area contributed by atoms with Crippen LogP contribution < -0.4 is 10.2 Å². The van der Waals surface area contributed by atoms with E-state index in [4.69, 9.17) is 16.3 Å². The Morgan fingerprint density at radius 2 is 2.00 bits per heavy atom. The van der Waals surface area contributed by atoms with Gasteiger partial charge in [0.2, 0.25) is 11.9 Å². The van der Waals surface area contributed by atoms with Gasteiger partial charge in [0.1, 0.15) is 6.04 Å². The lowest BCUT2D eigenvalue weighted by Crippen LogP contribution is -2.37. The van der Waals surface area contributed by atoms with Gasteiger partial charge in [0.25, 0.3) is 5.91 Å². The molecule has 2 aliphatic rings. The van der Waals surface area contributed by atoms with Gasteiger partial charge in [0.15, 0.2) is 0 Å². The molecular weight excluding hydrogens is 404 g/mol. The number of carbonyl (C=O) groups excluding carboxylic acids is 2. The SMILES string of the molecule is O=C(CC1C(=O)N(CC2CCCO2)c2nc3ccccc3n21)Nc1ccc(Cl)cc1. The van der Waals surface area contributed by atoms with Crippen molar-refractivity contribution in [1.82, 2.24) is 9.55 Å². The lowest BCUT2D eigenvalue weighted by Gasteiger charge is -2.19. The first kappa shape index (κ1) is 19.1. The number of nitrogens with one attached hydrogen (secondary N) is 1. The average molecular weight is 425 g/mol. The quantitative estimate of drug-likeness (QED) is 0.676. The van der Waals surface area contributed by atoms with Gasteiger partial charge in [-0.1, -0.05) is 23.7 Å². The van der Waals surface area contributed by atoms with Crippen LogP contribution >= 0.6 is 11.6 Å². The normalized spacial score (nSPS) is 20.7. The fourth-order valence-electron chi connectivity index (χ4n) is 4.18. The van der Waals surface area contributed by atoms with E-state index in [-0.39, 0.29) is 24.3 Å². The molecule has 1 fully saturated rings. The van der Waals surface area contributed by atoms with Crippen LogP contribution in [0.15, 0.2) is 48.5 Å². The molecule has 5 rings (SSSR count). The number of hydrogen-bond donors (Lipinski definition) is 1. The first-order valence-electron chi connectivity index (χ1n) is 10.1. The summed E-state index contributed by atoms with van der Waals surface area (Å²) in [6, 6.07) is 13.9. The molecule has 0 aliphatic carbocycles. The predicted molar refractivity (Wildman–Crippen MR) is 115 cm³/mol. The highest BCUT2D eigenvalue weighted by Gasteiger charge is 2.42. The van der Waals surface area contributed by atoms with Crippen LogP contribution in [0.3, 0.4) is 0 Å². The number of halogens is 1. The van der Waals surface area contributed by atoms with Gasteiger partial charge in [-0.15, -0.1) is 0 Å². The number of amides is 2. The Labute approximate surface area is 178 Å². The highest BCUT2D eigenvalue weighted by molar-refractivity contribution is 6.30. The summed E-state index contributed by atoms with van der Waals surface area (Å²) >= 11 is 5.91. The van der Waals surface area contributed by atoms with Gasteiger partial charge in [0, 0.05) is 17.3 Å². The monoisotopic (exact) mass is 424 g/mol. The number of hydrogen-bond acceptors (Lipinski definition) is 4. The molecule has 0 bridgehead atoms. The van der Waals surface area contributed by atoms with Gasteiger partial charge in [-0.25, -0.2) is 4.98 Å². The summed E-state index contributed by atoms with van der Waals surface area (Å²) < 4.78 is 7.62. The van der Waals surface area contributed by atoms with Crippen LogP contribution in [0.5, 0.6) is 0 Å². The summed E-state index contributed by atoms with van der Waals surface area (Å²) in [6.07, 6.45) is 1.95. The zero-order valence-electron chi connectivity index (χ0n) is 16.3. The van der Waals surface area contributed by atoms with E-state index >= 15 is 0 Å². The van der Waals surface area contributed by atoms with Crippen molar-refractivity contribution in [2.24, 2.45) is 0 Å². The standard InChI is InChI=1S/C22H21ClN4O3/c23-14-7-9-15(10-8-14)24-20(28)12-19-21(29)26(13-16-4-3-11-30-16)22-25-17-5-1-2-6-18(17)27(19)22/h1-2,5-10,16,19H,3-4,11-13H2,(H,24,28). The molecule has 2 aliphatic heterocycles. The molecule has 1 N–H and O–H groups in total. The Kier molecular flexibility index (Phi) is 4.92.